The predicted octanol–water partition coefficient (Wildman–Crippen LogP) is 0.0405. The van der Waals surface area contributed by atoms with Crippen LogP contribution >= 0.6 is 0 Å². The predicted molar refractivity (Wildman–Crippen MR) is 44.8 cm³/mol. The van der Waals surface area contributed by atoms with E-state index in [0.29, 0.717) is 12.0 Å². The van der Waals surface area contributed by atoms with Crippen molar-refractivity contribution in [1.82, 2.24) is 10.3 Å². The Morgan fingerprint density at radius 1 is 1.20 bits per heavy atom. The van der Waals surface area contributed by atoms with E-state index in [0.717, 1.165) is 0 Å². The second-order valence-corrected chi connectivity index (χ2v) is 2.70. The molecule has 7 nitrogen and oxygen atoms in total. The van der Waals surface area contributed by atoms with Crippen molar-refractivity contribution >= 4 is 18.2 Å². The number of nitrogens with zero attached hydrogens (tertiary/aromatic N) is 2. The molecule has 0 unspecified atom stereocenters. The normalized spacial score (nSPS) is 14.2. The molecule has 7 heteroatoms. The maximum Gasteiger partial charge on any atom is 0.314 e. The third-order valence-electron chi connectivity index (χ3n) is 1.56. The summed E-state index contributed by atoms with van der Waals surface area (Å²) in [6.07, 6.45) is 1.13. The lowest BCUT2D eigenvalue weighted by atomic mass is 10.4. The van der Waals surface area contributed by atoms with Crippen LogP contribution in [0, 0.1) is 6.92 Å². The van der Waals surface area contributed by atoms with Gasteiger partial charge in [-0.2, -0.15) is 0 Å². The monoisotopic (exact) mass is 212 g/mol. The van der Waals surface area contributed by atoms with Crippen LogP contribution in [-0.4, -0.2) is 28.5 Å². The molecular weight excluding hydrogens is 204 g/mol. The smallest absolute Gasteiger partial charge is 0.314 e. The number of hydrogen-bond donors (Lipinski definition) is 0. The van der Waals surface area contributed by atoms with E-state index in [1.165, 1.54) is 0 Å². The second kappa shape index (κ2) is 4.99. The van der Waals surface area contributed by atoms with Crippen LogP contribution < -0.4 is 0 Å². The number of rotatable bonds is 1. The molecule has 0 atom stereocenters. The first-order valence-electron chi connectivity index (χ1n) is 4.11. The lowest BCUT2D eigenvalue weighted by Crippen LogP contribution is -1.94. The standard InChI is InChI=1S/C4H4N2O2.C4H4O3/c1-3-4(2-7)6-8-5-3;5-3-1-2-4(6)7-3/h2H,1H3;1-2H2. The average Bonchev–Trinajstić information content (AvgIpc) is 2.76. The third-order valence-corrected chi connectivity index (χ3v) is 1.56. The summed E-state index contributed by atoms with van der Waals surface area (Å²) in [5.74, 6) is -0.796. The number of carbonyl (C=O) groups is 3. The van der Waals surface area contributed by atoms with Gasteiger partial charge in [0, 0.05) is 0 Å². The summed E-state index contributed by atoms with van der Waals surface area (Å²) in [5, 5.41) is 6.65. The van der Waals surface area contributed by atoms with Crippen LogP contribution in [-0.2, 0) is 14.3 Å². The number of cyclic esters (lactones) is 2. The van der Waals surface area contributed by atoms with E-state index >= 15 is 0 Å². The lowest BCUT2D eigenvalue weighted by molar-refractivity contribution is -0.151. The highest BCUT2D eigenvalue weighted by Crippen LogP contribution is 2.03. The van der Waals surface area contributed by atoms with Gasteiger partial charge in [-0.3, -0.25) is 14.4 Å². The Labute approximate surface area is 84.4 Å². The highest BCUT2D eigenvalue weighted by Gasteiger charge is 2.19. The molecular formula is C8H8N2O5. The van der Waals surface area contributed by atoms with E-state index in [4.69, 9.17) is 0 Å². The van der Waals surface area contributed by atoms with Gasteiger partial charge in [0.2, 0.25) is 0 Å². The van der Waals surface area contributed by atoms with Crippen LogP contribution in [0.3, 0.4) is 0 Å². The number of hydrogen-bond acceptors (Lipinski definition) is 7. The zero-order chi connectivity index (χ0) is 11.3. The molecule has 1 aromatic rings. The van der Waals surface area contributed by atoms with E-state index in [-0.39, 0.29) is 18.5 Å². The minimum atomic E-state index is -0.398. The molecule has 0 aliphatic carbocycles. The maximum absolute atomic E-state index is 10.0. The molecule has 2 heterocycles. The molecule has 1 aliphatic heterocycles. The van der Waals surface area contributed by atoms with Crippen molar-refractivity contribution in [2.24, 2.45) is 0 Å². The molecule has 0 aromatic carbocycles. The van der Waals surface area contributed by atoms with Crippen molar-refractivity contribution in [3.05, 3.63) is 11.4 Å². The fraction of sp³-hybridized carbons (Fsp3) is 0.375. The Hall–Kier alpha value is -2.05. The highest BCUT2D eigenvalue weighted by molar-refractivity contribution is 5.92. The zero-order valence-electron chi connectivity index (χ0n) is 7.93. The van der Waals surface area contributed by atoms with Gasteiger partial charge in [0.1, 0.15) is 5.69 Å². The molecule has 15 heavy (non-hydrogen) atoms. The van der Waals surface area contributed by atoms with Crippen LogP contribution in [0.15, 0.2) is 4.63 Å². The summed E-state index contributed by atoms with van der Waals surface area (Å²) in [6.45, 7) is 1.65. The van der Waals surface area contributed by atoms with Crippen LogP contribution in [0.5, 0.6) is 0 Å². The summed E-state index contributed by atoms with van der Waals surface area (Å²) in [5.41, 5.74) is 0.796. The molecule has 0 amide bonds. The summed E-state index contributed by atoms with van der Waals surface area (Å²) >= 11 is 0. The number of carbonyl (C=O) groups excluding carboxylic acids is 3. The quantitative estimate of drug-likeness (QED) is 0.368. The number of aldehydes is 1. The Morgan fingerprint density at radius 2 is 1.80 bits per heavy atom. The molecule has 1 fully saturated rings. The van der Waals surface area contributed by atoms with Gasteiger partial charge >= 0.3 is 11.9 Å². The van der Waals surface area contributed by atoms with Crippen LogP contribution in [0.2, 0.25) is 0 Å². The molecule has 0 radical (unpaired) electrons. The molecule has 1 aromatic heterocycles. The Balaban J connectivity index is 0.000000151. The van der Waals surface area contributed by atoms with Gasteiger partial charge in [-0.15, -0.1) is 0 Å². The van der Waals surface area contributed by atoms with E-state index in [1.54, 1.807) is 6.92 Å². The van der Waals surface area contributed by atoms with Crippen molar-refractivity contribution < 1.29 is 23.7 Å². The zero-order valence-corrected chi connectivity index (χ0v) is 7.93. The average molecular weight is 212 g/mol. The Morgan fingerprint density at radius 3 is 2.00 bits per heavy atom. The molecule has 0 N–H and O–H groups in total. The summed E-state index contributed by atoms with van der Waals surface area (Å²) in [4.78, 5) is 29.9. The number of ether oxygens (including phenoxy) is 1. The van der Waals surface area contributed by atoms with Crippen LogP contribution in [0.25, 0.3) is 0 Å². The van der Waals surface area contributed by atoms with Gasteiger partial charge < -0.3 is 4.74 Å². The first kappa shape index (κ1) is 11.0. The Bertz CT molecular complexity index is 370. The van der Waals surface area contributed by atoms with Crippen molar-refractivity contribution in [3.63, 3.8) is 0 Å². The van der Waals surface area contributed by atoms with E-state index in [9.17, 15) is 14.4 Å². The highest BCUT2D eigenvalue weighted by atomic mass is 16.6. The van der Waals surface area contributed by atoms with Crippen molar-refractivity contribution in [3.8, 4) is 0 Å². The lowest BCUT2D eigenvalue weighted by Gasteiger charge is -1.79. The molecule has 0 saturated carbocycles. The number of aromatic nitrogens is 2. The molecule has 2 rings (SSSR count). The van der Waals surface area contributed by atoms with Gasteiger partial charge in [0.05, 0.1) is 12.8 Å². The van der Waals surface area contributed by atoms with Crippen molar-refractivity contribution in [2.75, 3.05) is 0 Å². The topological polar surface area (TPSA) is 99.4 Å². The molecule has 0 spiro atoms. The maximum atomic E-state index is 10.0. The second-order valence-electron chi connectivity index (χ2n) is 2.70. The fourth-order valence-corrected chi connectivity index (χ4v) is 0.778. The fourth-order valence-electron chi connectivity index (χ4n) is 0.778. The largest absolute Gasteiger partial charge is 0.393 e. The summed E-state index contributed by atoms with van der Waals surface area (Å²) in [6, 6.07) is 0. The molecule has 0 bridgehead atoms. The first-order valence-corrected chi connectivity index (χ1v) is 4.11. The number of esters is 2. The molecule has 1 saturated heterocycles. The van der Waals surface area contributed by atoms with Crippen LogP contribution in [0.4, 0.5) is 0 Å². The van der Waals surface area contributed by atoms with Crippen LogP contribution in [0.1, 0.15) is 29.0 Å². The minimum absolute atomic E-state index is 0.263. The van der Waals surface area contributed by atoms with E-state index in [2.05, 4.69) is 19.7 Å². The molecule has 1 aliphatic rings. The first-order chi connectivity index (χ1) is 7.13. The molecule has 80 valence electrons. The number of aryl methyl sites for hydroxylation is 1. The van der Waals surface area contributed by atoms with Gasteiger partial charge in [0.15, 0.2) is 12.0 Å². The van der Waals surface area contributed by atoms with E-state index < -0.39 is 11.9 Å². The Kier molecular flexibility index (Phi) is 3.67. The van der Waals surface area contributed by atoms with Gasteiger partial charge in [-0.1, -0.05) is 5.16 Å². The summed E-state index contributed by atoms with van der Waals surface area (Å²) < 4.78 is 8.29. The van der Waals surface area contributed by atoms with Crippen molar-refractivity contribution in [2.45, 2.75) is 19.8 Å². The van der Waals surface area contributed by atoms with E-state index in [1.807, 2.05) is 0 Å². The SMILES string of the molecule is Cc1nonc1C=O.O=C1CCC(=O)O1. The minimum Gasteiger partial charge on any atom is -0.393 e. The van der Waals surface area contributed by atoms with Gasteiger partial charge in [-0.25, -0.2) is 4.63 Å². The third kappa shape index (κ3) is 3.29. The van der Waals surface area contributed by atoms with Gasteiger partial charge in [-0.05, 0) is 12.1 Å². The summed E-state index contributed by atoms with van der Waals surface area (Å²) in [7, 11) is 0. The van der Waals surface area contributed by atoms with Crippen molar-refractivity contribution in [1.29, 1.82) is 0 Å². The van der Waals surface area contributed by atoms with Gasteiger partial charge in [0.25, 0.3) is 0 Å².